The van der Waals surface area contributed by atoms with Gasteiger partial charge in [0.05, 0.1) is 23.1 Å². The molecule has 4 nitrogen and oxygen atoms in total. The molecule has 0 aliphatic carbocycles. The van der Waals surface area contributed by atoms with Gasteiger partial charge in [0, 0.05) is 5.88 Å². The topological polar surface area (TPSA) is 70.0 Å². The fourth-order valence-corrected chi connectivity index (χ4v) is 2.74. The van der Waals surface area contributed by atoms with Gasteiger partial charge in [0.25, 0.3) is 0 Å². The van der Waals surface area contributed by atoms with Crippen molar-refractivity contribution >= 4 is 27.3 Å². The molecule has 0 atom stereocenters. The number of nitriles is 1. The lowest BCUT2D eigenvalue weighted by atomic mass is 10.1. The molecule has 0 unspecified atom stereocenters. The fraction of sp³-hybridized carbons (Fsp3) is 0.364. The maximum Gasteiger partial charge on any atom is 0.232 e. The number of rotatable bonds is 5. The predicted octanol–water partition coefficient (Wildman–Crippen LogP) is 2.24. The van der Waals surface area contributed by atoms with Crippen LogP contribution in [0, 0.1) is 18.3 Å². The van der Waals surface area contributed by atoms with Crippen LogP contribution >= 0.6 is 11.6 Å². The minimum Gasteiger partial charge on any atom is -0.283 e. The van der Waals surface area contributed by atoms with Crippen LogP contribution in [0.4, 0.5) is 5.69 Å². The van der Waals surface area contributed by atoms with E-state index in [2.05, 4.69) is 4.72 Å². The second-order valence-electron chi connectivity index (χ2n) is 3.60. The van der Waals surface area contributed by atoms with Crippen molar-refractivity contribution < 1.29 is 8.42 Å². The summed E-state index contributed by atoms with van der Waals surface area (Å²) in [6.07, 6.45) is 0.397. The van der Waals surface area contributed by atoms with E-state index in [4.69, 9.17) is 16.9 Å². The van der Waals surface area contributed by atoms with E-state index in [9.17, 15) is 8.42 Å². The largest absolute Gasteiger partial charge is 0.283 e. The van der Waals surface area contributed by atoms with E-state index in [1.165, 1.54) is 6.07 Å². The zero-order chi connectivity index (χ0) is 12.9. The van der Waals surface area contributed by atoms with Crippen molar-refractivity contribution in [2.45, 2.75) is 13.3 Å². The highest BCUT2D eigenvalue weighted by Gasteiger charge is 2.11. The van der Waals surface area contributed by atoms with Gasteiger partial charge in [-0.3, -0.25) is 4.72 Å². The molecule has 0 aliphatic rings. The Balaban J connectivity index is 2.91. The lowest BCUT2D eigenvalue weighted by molar-refractivity contribution is 0.600. The fourth-order valence-electron chi connectivity index (χ4n) is 1.26. The van der Waals surface area contributed by atoms with E-state index in [1.807, 2.05) is 6.07 Å². The minimum atomic E-state index is -3.39. The van der Waals surface area contributed by atoms with Crippen molar-refractivity contribution in [2.75, 3.05) is 16.4 Å². The number of hydrogen-bond donors (Lipinski definition) is 1. The van der Waals surface area contributed by atoms with Crippen LogP contribution in [-0.4, -0.2) is 20.1 Å². The Morgan fingerprint density at radius 3 is 2.76 bits per heavy atom. The van der Waals surface area contributed by atoms with Gasteiger partial charge in [-0.15, -0.1) is 11.6 Å². The summed E-state index contributed by atoms with van der Waals surface area (Å²) in [5.74, 6) is 0.283. The highest BCUT2D eigenvalue weighted by molar-refractivity contribution is 7.92. The minimum absolute atomic E-state index is 0.0211. The van der Waals surface area contributed by atoms with Gasteiger partial charge in [0.2, 0.25) is 10.0 Å². The summed E-state index contributed by atoms with van der Waals surface area (Å²) in [5, 5.41) is 8.75. The molecule has 0 saturated heterocycles. The third-order valence-electron chi connectivity index (χ3n) is 2.18. The zero-order valence-corrected chi connectivity index (χ0v) is 11.0. The van der Waals surface area contributed by atoms with Crippen molar-refractivity contribution in [3.8, 4) is 6.07 Å². The molecule has 0 fully saturated rings. The molecule has 1 rings (SSSR count). The van der Waals surface area contributed by atoms with Gasteiger partial charge in [-0.1, -0.05) is 6.07 Å². The molecule has 0 heterocycles. The number of nitrogens with zero attached hydrogens (tertiary/aromatic N) is 1. The van der Waals surface area contributed by atoms with Gasteiger partial charge >= 0.3 is 0 Å². The molecular formula is C11H13ClN2O2S. The first kappa shape index (κ1) is 13.8. The molecule has 0 bridgehead atoms. The molecule has 0 spiro atoms. The van der Waals surface area contributed by atoms with E-state index in [1.54, 1.807) is 19.1 Å². The normalized spacial score (nSPS) is 10.9. The number of benzene rings is 1. The number of alkyl halides is 1. The van der Waals surface area contributed by atoms with Gasteiger partial charge < -0.3 is 0 Å². The summed E-state index contributed by atoms with van der Waals surface area (Å²) >= 11 is 5.45. The summed E-state index contributed by atoms with van der Waals surface area (Å²) in [6.45, 7) is 1.78. The van der Waals surface area contributed by atoms with Crippen molar-refractivity contribution in [1.29, 1.82) is 5.26 Å². The summed E-state index contributed by atoms with van der Waals surface area (Å²) in [5.41, 5.74) is 1.64. The molecule has 1 aromatic rings. The van der Waals surface area contributed by atoms with Crippen molar-refractivity contribution in [2.24, 2.45) is 0 Å². The van der Waals surface area contributed by atoms with Gasteiger partial charge in [-0.25, -0.2) is 8.42 Å². The molecule has 92 valence electrons. The lowest BCUT2D eigenvalue weighted by Gasteiger charge is -2.10. The Bertz CT molecular complexity index is 535. The van der Waals surface area contributed by atoms with Crippen molar-refractivity contribution in [3.05, 3.63) is 29.3 Å². The van der Waals surface area contributed by atoms with Crippen LogP contribution in [0.25, 0.3) is 0 Å². The number of hydrogen-bond acceptors (Lipinski definition) is 3. The first-order valence-electron chi connectivity index (χ1n) is 5.06. The van der Waals surface area contributed by atoms with E-state index in [0.29, 0.717) is 23.6 Å². The Labute approximate surface area is 106 Å². The quantitative estimate of drug-likeness (QED) is 0.836. The molecule has 0 amide bonds. The summed E-state index contributed by atoms with van der Waals surface area (Å²) in [7, 11) is -3.39. The summed E-state index contributed by atoms with van der Waals surface area (Å²) < 4.78 is 25.8. The summed E-state index contributed by atoms with van der Waals surface area (Å²) in [6, 6.07) is 6.84. The third kappa shape index (κ3) is 4.25. The van der Waals surface area contributed by atoms with Gasteiger partial charge in [-0.2, -0.15) is 5.26 Å². The monoisotopic (exact) mass is 272 g/mol. The Kier molecular flexibility index (Phi) is 4.79. The smallest absolute Gasteiger partial charge is 0.232 e. The first-order valence-corrected chi connectivity index (χ1v) is 7.24. The molecule has 17 heavy (non-hydrogen) atoms. The Hall–Kier alpha value is -1.25. The van der Waals surface area contributed by atoms with Gasteiger partial charge in [0.15, 0.2) is 0 Å². The van der Waals surface area contributed by atoms with Crippen LogP contribution in [0.1, 0.15) is 17.5 Å². The zero-order valence-electron chi connectivity index (χ0n) is 9.40. The molecule has 0 radical (unpaired) electrons. The highest BCUT2D eigenvalue weighted by atomic mass is 35.5. The second-order valence-corrected chi connectivity index (χ2v) is 5.82. The Morgan fingerprint density at radius 2 is 2.18 bits per heavy atom. The number of sulfonamides is 1. The molecule has 0 aromatic heterocycles. The summed E-state index contributed by atoms with van der Waals surface area (Å²) in [4.78, 5) is 0. The molecular weight excluding hydrogens is 260 g/mol. The van der Waals surface area contributed by atoms with Crippen molar-refractivity contribution in [3.63, 3.8) is 0 Å². The van der Waals surface area contributed by atoms with E-state index in [-0.39, 0.29) is 5.75 Å². The number of nitrogens with one attached hydrogen (secondary N) is 1. The number of aryl methyl sites for hydroxylation is 1. The van der Waals surface area contributed by atoms with E-state index < -0.39 is 10.0 Å². The first-order chi connectivity index (χ1) is 7.98. The average molecular weight is 273 g/mol. The Morgan fingerprint density at radius 1 is 1.47 bits per heavy atom. The van der Waals surface area contributed by atoms with Crippen LogP contribution in [-0.2, 0) is 10.0 Å². The van der Waals surface area contributed by atoms with Crippen LogP contribution in [0.15, 0.2) is 18.2 Å². The number of halogens is 1. The molecule has 0 aliphatic heterocycles. The van der Waals surface area contributed by atoms with Crippen molar-refractivity contribution in [1.82, 2.24) is 0 Å². The van der Waals surface area contributed by atoms with Crippen LogP contribution in [0.5, 0.6) is 0 Å². The maximum absolute atomic E-state index is 11.7. The third-order valence-corrected chi connectivity index (χ3v) is 3.80. The lowest BCUT2D eigenvalue weighted by Crippen LogP contribution is -2.17. The second kappa shape index (κ2) is 5.89. The maximum atomic E-state index is 11.7. The van der Waals surface area contributed by atoms with Gasteiger partial charge in [0.1, 0.15) is 0 Å². The molecule has 1 aromatic carbocycles. The number of anilines is 1. The molecule has 0 saturated carbocycles. The van der Waals surface area contributed by atoms with E-state index >= 15 is 0 Å². The SMILES string of the molecule is Cc1ccc(C#N)cc1NS(=O)(=O)CCCCl. The van der Waals surface area contributed by atoms with Crippen LogP contribution in [0.2, 0.25) is 0 Å². The standard InChI is InChI=1S/C11H13ClN2O2S/c1-9-3-4-10(8-13)7-11(9)14-17(15,16)6-2-5-12/h3-4,7,14H,2,5-6H2,1H3. The van der Waals surface area contributed by atoms with Gasteiger partial charge in [-0.05, 0) is 31.0 Å². The van der Waals surface area contributed by atoms with Crippen LogP contribution in [0.3, 0.4) is 0 Å². The van der Waals surface area contributed by atoms with Crippen LogP contribution < -0.4 is 4.72 Å². The van der Waals surface area contributed by atoms with E-state index in [0.717, 1.165) is 5.56 Å². The molecule has 1 N–H and O–H groups in total. The predicted molar refractivity (Wildman–Crippen MR) is 68.6 cm³/mol. The average Bonchev–Trinajstić information content (AvgIpc) is 2.29. The molecule has 6 heteroatoms. The highest BCUT2D eigenvalue weighted by Crippen LogP contribution is 2.18.